The van der Waals surface area contributed by atoms with Gasteiger partial charge in [0.2, 0.25) is 5.72 Å². The van der Waals surface area contributed by atoms with Crippen LogP contribution in [0.3, 0.4) is 0 Å². The smallest absolute Gasteiger partial charge is 0.378 e. The number of carbonyl (C=O) groups excluding carboxylic acids is 2. The Morgan fingerprint density at radius 1 is 1.21 bits per heavy atom. The number of pyridine rings is 1. The molecule has 1 aromatic carbocycles. The van der Waals surface area contributed by atoms with Gasteiger partial charge in [0.25, 0.3) is 0 Å². The molecule has 0 unspecified atom stereocenters. The quantitative estimate of drug-likeness (QED) is 0.675. The lowest BCUT2D eigenvalue weighted by Gasteiger charge is -2.45. The molecule has 0 aliphatic carbocycles. The molecule has 0 spiro atoms. The second-order valence-corrected chi connectivity index (χ2v) is 6.91. The first-order chi connectivity index (χ1) is 13.5. The lowest BCUT2D eigenvalue weighted by Crippen LogP contribution is -2.72. The minimum absolute atomic E-state index is 0.118. The number of Topliss-reactive ketones (excluding diaryl/α,β-unsaturated/α-hetero) is 1. The molecule has 154 valence electrons. The van der Waals surface area contributed by atoms with Crippen LogP contribution in [0.5, 0.6) is 0 Å². The number of nitrogens with one attached hydrogen (secondary N) is 2. The number of rotatable bonds is 4. The van der Waals surface area contributed by atoms with Crippen LogP contribution >= 0.6 is 0 Å². The van der Waals surface area contributed by atoms with Crippen molar-refractivity contribution >= 4 is 17.5 Å². The topological polar surface area (TPSA) is 94.6 Å². The first kappa shape index (κ1) is 20.6. The molecule has 1 aromatic heterocycles. The van der Waals surface area contributed by atoms with E-state index in [0.717, 1.165) is 11.9 Å². The summed E-state index contributed by atoms with van der Waals surface area (Å²) < 4.78 is 41.5. The van der Waals surface area contributed by atoms with Crippen LogP contribution in [0.25, 0.3) is 0 Å². The summed E-state index contributed by atoms with van der Waals surface area (Å²) in [5.74, 6) is -3.08. The van der Waals surface area contributed by atoms with Gasteiger partial charge in [-0.2, -0.15) is 13.2 Å². The van der Waals surface area contributed by atoms with Crippen LogP contribution in [0.4, 0.5) is 23.7 Å². The average molecular weight is 408 g/mol. The number of ketones is 1. The molecule has 1 fully saturated rings. The number of aromatic nitrogens is 1. The summed E-state index contributed by atoms with van der Waals surface area (Å²) in [4.78, 5) is 30.5. The molecule has 0 saturated carbocycles. The molecule has 2 amide bonds. The SMILES string of the molecule is CN(C)c1ccc([C@H]2NC(=O)N[C@@](O)(C(F)(F)F)[C@@H]2C(=O)c2cccnc2)cc1. The van der Waals surface area contributed by atoms with Crippen molar-refractivity contribution in [3.63, 3.8) is 0 Å². The first-order valence-corrected chi connectivity index (χ1v) is 8.64. The Morgan fingerprint density at radius 2 is 1.86 bits per heavy atom. The molecule has 3 N–H and O–H groups in total. The third-order valence-corrected chi connectivity index (χ3v) is 4.80. The maximum absolute atomic E-state index is 13.8. The fourth-order valence-electron chi connectivity index (χ4n) is 3.28. The molecule has 10 heteroatoms. The molecule has 1 aliphatic heterocycles. The average Bonchev–Trinajstić information content (AvgIpc) is 2.67. The largest absolute Gasteiger partial charge is 0.437 e. The number of alkyl halides is 3. The van der Waals surface area contributed by atoms with Crippen molar-refractivity contribution in [3.8, 4) is 0 Å². The van der Waals surface area contributed by atoms with Crippen molar-refractivity contribution < 1.29 is 27.9 Å². The van der Waals surface area contributed by atoms with E-state index < -0.39 is 35.7 Å². The maximum Gasteiger partial charge on any atom is 0.437 e. The van der Waals surface area contributed by atoms with E-state index in [1.54, 1.807) is 31.1 Å². The third kappa shape index (κ3) is 3.75. The summed E-state index contributed by atoms with van der Waals surface area (Å²) in [6, 6.07) is 6.34. The van der Waals surface area contributed by atoms with Gasteiger partial charge in [0, 0.05) is 37.7 Å². The number of carbonyl (C=O) groups is 2. The summed E-state index contributed by atoms with van der Waals surface area (Å²) in [5.41, 5.74) is -2.86. The molecule has 0 bridgehead atoms. The first-order valence-electron chi connectivity index (χ1n) is 8.64. The van der Waals surface area contributed by atoms with Crippen LogP contribution in [-0.2, 0) is 0 Å². The van der Waals surface area contributed by atoms with Gasteiger partial charge < -0.3 is 20.6 Å². The Bertz CT molecular complexity index is 903. The molecule has 0 radical (unpaired) electrons. The number of urea groups is 1. The lowest BCUT2D eigenvalue weighted by molar-refractivity contribution is -0.287. The van der Waals surface area contributed by atoms with Crippen LogP contribution in [0.15, 0.2) is 48.8 Å². The van der Waals surface area contributed by atoms with E-state index in [2.05, 4.69) is 10.3 Å². The Kier molecular flexibility index (Phi) is 5.22. The maximum atomic E-state index is 13.8. The highest BCUT2D eigenvalue weighted by molar-refractivity contribution is 6.00. The highest BCUT2D eigenvalue weighted by Gasteiger charge is 2.66. The Balaban J connectivity index is 2.13. The number of hydrogen-bond acceptors (Lipinski definition) is 5. The summed E-state index contributed by atoms with van der Waals surface area (Å²) in [6.07, 6.45) is -2.82. The van der Waals surface area contributed by atoms with Gasteiger partial charge in [0.05, 0.1) is 6.04 Å². The predicted octanol–water partition coefficient (Wildman–Crippen LogP) is 2.25. The van der Waals surface area contributed by atoms with E-state index in [9.17, 15) is 27.9 Å². The highest BCUT2D eigenvalue weighted by Crippen LogP contribution is 2.44. The summed E-state index contributed by atoms with van der Waals surface area (Å²) in [6.45, 7) is 0. The van der Waals surface area contributed by atoms with E-state index in [1.807, 2.05) is 0 Å². The minimum atomic E-state index is -5.30. The Labute approximate surface area is 164 Å². The number of nitrogens with zero attached hydrogens (tertiary/aromatic N) is 2. The van der Waals surface area contributed by atoms with Gasteiger partial charge >= 0.3 is 12.2 Å². The Morgan fingerprint density at radius 3 is 2.38 bits per heavy atom. The van der Waals surface area contributed by atoms with Gasteiger partial charge in [-0.3, -0.25) is 9.78 Å². The van der Waals surface area contributed by atoms with E-state index in [-0.39, 0.29) is 11.1 Å². The fraction of sp³-hybridized carbons (Fsp3) is 0.316. The normalized spacial score (nSPS) is 24.4. The number of anilines is 1. The van der Waals surface area contributed by atoms with Crippen molar-refractivity contribution in [2.45, 2.75) is 17.9 Å². The van der Waals surface area contributed by atoms with Gasteiger partial charge in [-0.25, -0.2) is 4.79 Å². The molecule has 1 aliphatic rings. The lowest BCUT2D eigenvalue weighted by atomic mass is 9.77. The van der Waals surface area contributed by atoms with Crippen molar-refractivity contribution in [1.82, 2.24) is 15.6 Å². The third-order valence-electron chi connectivity index (χ3n) is 4.80. The van der Waals surface area contributed by atoms with Crippen LogP contribution in [0, 0.1) is 5.92 Å². The molecule has 3 atom stereocenters. The molecule has 2 heterocycles. The molecule has 29 heavy (non-hydrogen) atoms. The summed E-state index contributed by atoms with van der Waals surface area (Å²) in [5, 5.41) is 14.3. The minimum Gasteiger partial charge on any atom is -0.378 e. The second kappa shape index (κ2) is 7.36. The zero-order chi connectivity index (χ0) is 21.4. The number of aliphatic hydroxyl groups is 1. The van der Waals surface area contributed by atoms with Crippen LogP contribution < -0.4 is 15.5 Å². The molecular formula is C19H19F3N4O3. The van der Waals surface area contributed by atoms with E-state index in [4.69, 9.17) is 0 Å². The van der Waals surface area contributed by atoms with Crippen LogP contribution in [0.2, 0.25) is 0 Å². The number of halogens is 3. The van der Waals surface area contributed by atoms with Crippen molar-refractivity contribution in [2.75, 3.05) is 19.0 Å². The molecule has 7 nitrogen and oxygen atoms in total. The van der Waals surface area contributed by atoms with Gasteiger partial charge in [0.1, 0.15) is 5.92 Å². The van der Waals surface area contributed by atoms with Gasteiger partial charge in [-0.1, -0.05) is 12.1 Å². The van der Waals surface area contributed by atoms with E-state index >= 15 is 0 Å². The number of hydrogen-bond donors (Lipinski definition) is 3. The van der Waals surface area contributed by atoms with Crippen LogP contribution in [-0.4, -0.2) is 47.9 Å². The Hall–Kier alpha value is -3.14. The van der Waals surface area contributed by atoms with Gasteiger partial charge in [-0.05, 0) is 29.8 Å². The fourth-order valence-corrected chi connectivity index (χ4v) is 3.28. The van der Waals surface area contributed by atoms with Gasteiger partial charge in [-0.15, -0.1) is 0 Å². The monoisotopic (exact) mass is 408 g/mol. The predicted molar refractivity (Wildman–Crippen MR) is 98.2 cm³/mol. The molecule has 2 aromatic rings. The summed E-state index contributed by atoms with van der Waals surface area (Å²) in [7, 11) is 3.58. The molecule has 3 rings (SSSR count). The second-order valence-electron chi connectivity index (χ2n) is 6.91. The van der Waals surface area contributed by atoms with Crippen molar-refractivity contribution in [1.29, 1.82) is 0 Å². The summed E-state index contributed by atoms with van der Waals surface area (Å²) >= 11 is 0. The number of benzene rings is 1. The zero-order valence-corrected chi connectivity index (χ0v) is 15.6. The zero-order valence-electron chi connectivity index (χ0n) is 15.6. The highest BCUT2D eigenvalue weighted by atomic mass is 19.4. The van der Waals surface area contributed by atoms with Crippen LogP contribution in [0.1, 0.15) is 22.0 Å². The number of amides is 2. The standard InChI is InChI=1S/C19H19F3N4O3/c1-26(2)13-7-5-11(6-8-13)15-14(16(27)12-4-3-9-23-10-12)18(29,19(20,21)22)25-17(28)24-15/h3-10,14-15,29H,1-2H3,(H2,24,25,28)/t14-,15+,18-/m0/s1. The van der Waals surface area contributed by atoms with E-state index in [0.29, 0.717) is 0 Å². The molecular weight excluding hydrogens is 389 g/mol. The molecule has 1 saturated heterocycles. The van der Waals surface area contributed by atoms with E-state index in [1.165, 1.54) is 35.8 Å². The van der Waals surface area contributed by atoms with Gasteiger partial charge in [0.15, 0.2) is 5.78 Å². The van der Waals surface area contributed by atoms with Crippen molar-refractivity contribution in [3.05, 3.63) is 59.9 Å². The van der Waals surface area contributed by atoms with Crippen molar-refractivity contribution in [2.24, 2.45) is 5.92 Å².